The van der Waals surface area contributed by atoms with E-state index in [-0.39, 0.29) is 25.3 Å². The van der Waals surface area contributed by atoms with Gasteiger partial charge >= 0.3 is 11.9 Å². The van der Waals surface area contributed by atoms with Crippen LogP contribution in [-0.2, 0) is 23.8 Å². The van der Waals surface area contributed by atoms with Gasteiger partial charge in [-0.25, -0.2) is 4.79 Å². The van der Waals surface area contributed by atoms with Gasteiger partial charge in [-0.3, -0.25) is 4.79 Å². The average Bonchev–Trinajstić information content (AvgIpc) is 2.81. The summed E-state index contributed by atoms with van der Waals surface area (Å²) in [6.45, 7) is 7.21. The van der Waals surface area contributed by atoms with Crippen LogP contribution >= 0.6 is 0 Å². The molecule has 0 amide bonds. The van der Waals surface area contributed by atoms with E-state index in [4.69, 9.17) is 19.3 Å². The Morgan fingerprint density at radius 2 is 2.00 bits per heavy atom. The number of carbonyl (C=O) groups excluding carboxylic acids is 2. The van der Waals surface area contributed by atoms with E-state index < -0.39 is 23.3 Å². The van der Waals surface area contributed by atoms with Crippen LogP contribution in [0.25, 0.3) is 0 Å². The Balaban J connectivity index is 2.12. The lowest BCUT2D eigenvalue weighted by molar-refractivity contribution is -0.258. The molecule has 0 saturated carbocycles. The first-order valence-corrected chi connectivity index (χ1v) is 10.3. The summed E-state index contributed by atoms with van der Waals surface area (Å²) in [7, 11) is 0. The Kier molecular flexibility index (Phi) is 8.02. The average molecular weight is 411 g/mol. The summed E-state index contributed by atoms with van der Waals surface area (Å²) in [4.78, 5) is 23.8. The first-order valence-electron chi connectivity index (χ1n) is 10.3. The zero-order valence-corrected chi connectivity index (χ0v) is 17.9. The molecule has 3 rings (SSSR count). The van der Waals surface area contributed by atoms with Crippen molar-refractivity contribution in [1.82, 2.24) is 0 Å². The van der Waals surface area contributed by atoms with E-state index in [9.17, 15) is 14.7 Å². The second-order valence-corrected chi connectivity index (χ2v) is 8.39. The summed E-state index contributed by atoms with van der Waals surface area (Å²) in [5.41, 5.74) is -0.230. The minimum atomic E-state index is -1.38. The van der Waals surface area contributed by atoms with Crippen LogP contribution in [0.15, 0.2) is 23.3 Å². The molecule has 4 unspecified atom stereocenters. The highest BCUT2D eigenvalue weighted by Gasteiger charge is 2.61. The van der Waals surface area contributed by atoms with Crippen molar-refractivity contribution in [2.75, 3.05) is 13.2 Å². The first-order chi connectivity index (χ1) is 13.6. The van der Waals surface area contributed by atoms with E-state index in [1.54, 1.807) is 6.08 Å². The van der Waals surface area contributed by atoms with Crippen LogP contribution in [0.1, 0.15) is 66.2 Å². The van der Waals surface area contributed by atoms with Gasteiger partial charge < -0.3 is 24.4 Å². The molecule has 0 aliphatic carbocycles. The molecular weight excluding hydrogens is 376 g/mol. The van der Waals surface area contributed by atoms with Gasteiger partial charge in [-0.2, -0.15) is 0 Å². The fraction of sp³-hybridized carbons (Fsp3) is 0.727. The predicted octanol–water partition coefficient (Wildman–Crippen LogP) is 2.59. The molecule has 3 aliphatic rings. The number of aliphatic hydroxyl groups is 2. The van der Waals surface area contributed by atoms with Crippen molar-refractivity contribution < 1.29 is 34.0 Å². The van der Waals surface area contributed by atoms with E-state index in [0.717, 1.165) is 11.1 Å². The molecule has 3 heterocycles. The summed E-state index contributed by atoms with van der Waals surface area (Å²) in [6.07, 6.45) is 5.50. The molecule has 4 atom stereocenters. The Morgan fingerprint density at radius 1 is 1.28 bits per heavy atom. The molecule has 2 bridgehead atoms. The van der Waals surface area contributed by atoms with E-state index >= 15 is 0 Å². The smallest absolute Gasteiger partial charge is 0.341 e. The van der Waals surface area contributed by atoms with Crippen molar-refractivity contribution in [3.63, 3.8) is 0 Å². The minimum absolute atomic E-state index is 0.00864. The lowest BCUT2D eigenvalue weighted by atomic mass is 9.88. The number of hydrogen-bond acceptors (Lipinski definition) is 7. The zero-order chi connectivity index (χ0) is 21.7. The van der Waals surface area contributed by atoms with E-state index in [1.165, 1.54) is 6.92 Å². The molecule has 7 nitrogen and oxygen atoms in total. The van der Waals surface area contributed by atoms with Gasteiger partial charge in [0.1, 0.15) is 12.2 Å². The Labute approximate surface area is 172 Å². The maximum atomic E-state index is 12.8. The number of aliphatic hydroxyl groups excluding tert-OH is 2. The Hall–Kier alpha value is -1.70. The molecule has 0 aromatic heterocycles. The monoisotopic (exact) mass is 410 g/mol. The molecule has 0 radical (unpaired) electrons. The lowest BCUT2D eigenvalue weighted by Gasteiger charge is -2.46. The first kappa shape index (κ1) is 23.6. The molecule has 164 valence electrons. The summed E-state index contributed by atoms with van der Waals surface area (Å²) in [6, 6.07) is 0. The highest BCUT2D eigenvalue weighted by atomic mass is 16.6. The highest BCUT2D eigenvalue weighted by Crippen LogP contribution is 2.46. The van der Waals surface area contributed by atoms with Gasteiger partial charge in [0.05, 0.1) is 18.8 Å². The van der Waals surface area contributed by atoms with Crippen LogP contribution in [0.3, 0.4) is 0 Å². The fourth-order valence-electron chi connectivity index (χ4n) is 3.99. The number of hydrogen-bond donors (Lipinski definition) is 2. The summed E-state index contributed by atoms with van der Waals surface area (Å²) < 4.78 is 17.1. The Morgan fingerprint density at radius 3 is 2.66 bits per heavy atom. The largest absolute Gasteiger partial charge is 0.461 e. The van der Waals surface area contributed by atoms with Crippen molar-refractivity contribution in [2.45, 2.75) is 89.6 Å². The van der Waals surface area contributed by atoms with Crippen molar-refractivity contribution in [2.24, 2.45) is 0 Å². The molecule has 3 aliphatic heterocycles. The number of carbonyl (C=O) groups is 2. The van der Waals surface area contributed by atoms with E-state index in [1.807, 2.05) is 26.8 Å². The van der Waals surface area contributed by atoms with E-state index in [2.05, 4.69) is 0 Å². The number of allylic oxidation sites excluding steroid dienone is 2. The van der Waals surface area contributed by atoms with Crippen LogP contribution in [0, 0.1) is 0 Å². The standard InChI is InChI=1S/C22H34O7/c1-15(10-13-23)7-8-19-21(4)12-9-18(25)22(28-19,20(26)29-21)11-5-6-16(2)14-27-17(3)24/h6,10,18-19,23,25H,5,7-9,11-14H2,1-4H3. The van der Waals surface area contributed by atoms with Crippen LogP contribution in [0.4, 0.5) is 0 Å². The SMILES string of the molecule is CC(=O)OCC(C)=CCCC12OC(CCC(C)=CCO)C(C)(CCC1O)OC2=O. The normalized spacial score (nSPS) is 32.7. The number of rotatable bonds is 9. The van der Waals surface area contributed by atoms with Gasteiger partial charge in [-0.1, -0.05) is 17.7 Å². The lowest BCUT2D eigenvalue weighted by Crippen LogP contribution is -2.61. The predicted molar refractivity (Wildman–Crippen MR) is 107 cm³/mol. The topological polar surface area (TPSA) is 102 Å². The van der Waals surface area contributed by atoms with Gasteiger partial charge in [0.2, 0.25) is 0 Å². The third-order valence-electron chi connectivity index (χ3n) is 5.91. The van der Waals surface area contributed by atoms with Crippen LogP contribution in [0.5, 0.6) is 0 Å². The second-order valence-electron chi connectivity index (χ2n) is 8.39. The molecular formula is C22H34O7. The van der Waals surface area contributed by atoms with Crippen LogP contribution in [-0.4, -0.2) is 58.8 Å². The van der Waals surface area contributed by atoms with Gasteiger partial charge in [0.25, 0.3) is 0 Å². The van der Waals surface area contributed by atoms with E-state index in [0.29, 0.717) is 38.5 Å². The van der Waals surface area contributed by atoms with Gasteiger partial charge in [0, 0.05) is 6.92 Å². The highest BCUT2D eigenvalue weighted by molar-refractivity contribution is 5.82. The molecule has 0 spiro atoms. The van der Waals surface area contributed by atoms with Gasteiger partial charge in [0.15, 0.2) is 5.60 Å². The Bertz CT molecular complexity index is 668. The second kappa shape index (κ2) is 9.87. The third kappa shape index (κ3) is 5.68. The molecule has 7 heteroatoms. The molecule has 0 aromatic rings. The maximum absolute atomic E-state index is 12.8. The molecule has 3 fully saturated rings. The number of esters is 2. The quantitative estimate of drug-likeness (QED) is 0.445. The van der Waals surface area contributed by atoms with Crippen molar-refractivity contribution >= 4 is 11.9 Å². The van der Waals surface area contributed by atoms with Crippen LogP contribution in [0.2, 0.25) is 0 Å². The van der Waals surface area contributed by atoms with Crippen molar-refractivity contribution in [1.29, 1.82) is 0 Å². The molecule has 0 aromatic carbocycles. The minimum Gasteiger partial charge on any atom is -0.461 e. The molecule has 3 saturated heterocycles. The number of fused-ring (bicyclic) bond motifs is 4. The third-order valence-corrected chi connectivity index (χ3v) is 5.91. The van der Waals surface area contributed by atoms with Crippen molar-refractivity contribution in [3.05, 3.63) is 23.3 Å². The van der Waals surface area contributed by atoms with Crippen LogP contribution < -0.4 is 0 Å². The maximum Gasteiger partial charge on any atom is 0.341 e. The zero-order valence-electron chi connectivity index (χ0n) is 17.9. The molecule has 2 N–H and O–H groups in total. The molecule has 29 heavy (non-hydrogen) atoms. The number of ether oxygens (including phenoxy) is 3. The summed E-state index contributed by atoms with van der Waals surface area (Å²) >= 11 is 0. The fourth-order valence-corrected chi connectivity index (χ4v) is 3.99. The van der Waals surface area contributed by atoms with Crippen molar-refractivity contribution in [3.8, 4) is 0 Å². The summed E-state index contributed by atoms with van der Waals surface area (Å²) in [5.74, 6) is -0.850. The van der Waals surface area contributed by atoms with Gasteiger partial charge in [-0.05, 0) is 64.9 Å². The summed E-state index contributed by atoms with van der Waals surface area (Å²) in [5, 5.41) is 19.8. The van der Waals surface area contributed by atoms with Gasteiger partial charge in [-0.15, -0.1) is 0 Å².